The number of primary amides is 1. The summed E-state index contributed by atoms with van der Waals surface area (Å²) in [5.74, 6) is -2.84. The molecule has 0 saturated heterocycles. The standard InChI is InChI=1S/C16H12Cl2N2O5S/c1-25-16(24)11-9(5-7(17)6-10(11)18)12(13(19)21)26-14-8(15(22)23)3-2-4-20-14/h2-6,12H,1H3,(H2,19,21)(H,22,23). The summed E-state index contributed by atoms with van der Waals surface area (Å²) >= 11 is 12.9. The number of aromatic nitrogens is 1. The zero-order valence-electron chi connectivity index (χ0n) is 13.2. The van der Waals surface area contributed by atoms with Crippen LogP contribution in [-0.2, 0) is 9.53 Å². The molecule has 136 valence electrons. The van der Waals surface area contributed by atoms with Gasteiger partial charge in [0.1, 0.15) is 10.3 Å². The van der Waals surface area contributed by atoms with Gasteiger partial charge in [-0.05, 0) is 29.8 Å². The van der Waals surface area contributed by atoms with Gasteiger partial charge in [-0.1, -0.05) is 35.0 Å². The summed E-state index contributed by atoms with van der Waals surface area (Å²) in [7, 11) is 1.16. The molecule has 10 heteroatoms. The number of rotatable bonds is 6. The first kappa shape index (κ1) is 20.0. The smallest absolute Gasteiger partial charge is 0.339 e. The molecular weight excluding hydrogens is 403 g/mol. The average Bonchev–Trinajstić information content (AvgIpc) is 2.58. The molecule has 0 fully saturated rings. The SMILES string of the molecule is COC(=O)c1c(Cl)cc(Cl)cc1C(Sc1ncccc1C(=O)O)C(N)=O. The highest BCUT2D eigenvalue weighted by atomic mass is 35.5. The monoisotopic (exact) mass is 414 g/mol. The molecule has 0 aliphatic heterocycles. The lowest BCUT2D eigenvalue weighted by molar-refractivity contribution is -0.117. The van der Waals surface area contributed by atoms with Crippen LogP contribution in [0.25, 0.3) is 0 Å². The summed E-state index contributed by atoms with van der Waals surface area (Å²) in [5.41, 5.74) is 5.39. The van der Waals surface area contributed by atoms with E-state index in [0.717, 1.165) is 18.9 Å². The molecule has 7 nitrogen and oxygen atoms in total. The maximum absolute atomic E-state index is 12.1. The van der Waals surface area contributed by atoms with Gasteiger partial charge in [0.05, 0.1) is 23.3 Å². The van der Waals surface area contributed by atoms with Gasteiger partial charge >= 0.3 is 11.9 Å². The van der Waals surface area contributed by atoms with Crippen LogP contribution in [0.3, 0.4) is 0 Å². The van der Waals surface area contributed by atoms with Gasteiger partial charge in [0.2, 0.25) is 5.91 Å². The number of aromatic carboxylic acids is 1. The number of carbonyl (C=O) groups excluding carboxylic acids is 2. The quantitative estimate of drug-likeness (QED) is 0.549. The van der Waals surface area contributed by atoms with Gasteiger partial charge in [0, 0.05) is 11.2 Å². The molecule has 0 spiro atoms. The second-order valence-electron chi connectivity index (χ2n) is 4.90. The third kappa shape index (κ3) is 4.27. The van der Waals surface area contributed by atoms with E-state index >= 15 is 0 Å². The molecule has 1 heterocycles. The lowest BCUT2D eigenvalue weighted by atomic mass is 10.0. The Labute approximate surface area is 162 Å². The number of nitrogens with two attached hydrogens (primary N) is 1. The fraction of sp³-hybridized carbons (Fsp3) is 0.125. The number of amides is 1. The Kier molecular flexibility index (Phi) is 6.47. The van der Waals surface area contributed by atoms with E-state index in [1.807, 2.05) is 0 Å². The van der Waals surface area contributed by atoms with E-state index in [4.69, 9.17) is 33.7 Å². The minimum atomic E-state index is -1.22. The van der Waals surface area contributed by atoms with E-state index in [9.17, 15) is 19.5 Å². The number of thioether (sulfide) groups is 1. The Bertz CT molecular complexity index is 891. The summed E-state index contributed by atoms with van der Waals surface area (Å²) in [6, 6.07) is 5.46. The van der Waals surface area contributed by atoms with Crippen molar-refractivity contribution in [3.63, 3.8) is 0 Å². The molecule has 26 heavy (non-hydrogen) atoms. The van der Waals surface area contributed by atoms with Gasteiger partial charge in [-0.2, -0.15) is 0 Å². The molecule has 2 rings (SSSR count). The topological polar surface area (TPSA) is 120 Å². The van der Waals surface area contributed by atoms with Crippen molar-refractivity contribution in [2.45, 2.75) is 10.3 Å². The van der Waals surface area contributed by atoms with Gasteiger partial charge in [-0.3, -0.25) is 4.79 Å². The fourth-order valence-electron chi connectivity index (χ4n) is 2.15. The molecule has 0 saturated carbocycles. The zero-order valence-corrected chi connectivity index (χ0v) is 15.6. The molecule has 0 bridgehead atoms. The lowest BCUT2D eigenvalue weighted by Crippen LogP contribution is -2.22. The normalized spacial score (nSPS) is 11.7. The number of carbonyl (C=O) groups is 3. The summed E-state index contributed by atoms with van der Waals surface area (Å²) in [5, 5.41) is 8.30. The number of methoxy groups -OCH3 is 1. The summed E-state index contributed by atoms with van der Waals surface area (Å²) < 4.78 is 4.70. The molecule has 1 unspecified atom stereocenters. The first-order valence-electron chi connectivity index (χ1n) is 6.97. The molecular formula is C16H12Cl2N2O5S. The highest BCUT2D eigenvalue weighted by Gasteiger charge is 2.29. The van der Waals surface area contributed by atoms with E-state index in [2.05, 4.69) is 4.98 Å². The maximum atomic E-state index is 12.1. The molecule has 1 atom stereocenters. The molecule has 1 aromatic heterocycles. The predicted molar refractivity (Wildman–Crippen MR) is 96.8 cm³/mol. The van der Waals surface area contributed by atoms with Crippen LogP contribution in [0.5, 0.6) is 0 Å². The Morgan fingerprint density at radius 2 is 2.00 bits per heavy atom. The number of hydrogen-bond acceptors (Lipinski definition) is 6. The van der Waals surface area contributed by atoms with Crippen molar-refractivity contribution in [2.75, 3.05) is 7.11 Å². The number of pyridine rings is 1. The Balaban J connectivity index is 2.61. The second-order valence-corrected chi connectivity index (χ2v) is 6.84. The number of hydrogen-bond donors (Lipinski definition) is 2. The molecule has 0 radical (unpaired) electrons. The summed E-state index contributed by atoms with van der Waals surface area (Å²) in [6.07, 6.45) is 1.37. The predicted octanol–water partition coefficient (Wildman–Crippen LogP) is 3.19. The number of esters is 1. The number of halogens is 2. The lowest BCUT2D eigenvalue weighted by Gasteiger charge is -2.18. The van der Waals surface area contributed by atoms with Crippen molar-refractivity contribution in [1.82, 2.24) is 4.98 Å². The third-order valence-corrected chi connectivity index (χ3v) is 5.03. The minimum Gasteiger partial charge on any atom is -0.478 e. The largest absolute Gasteiger partial charge is 0.478 e. The van der Waals surface area contributed by atoms with Crippen LogP contribution in [0, 0.1) is 0 Å². The molecule has 2 aromatic rings. The van der Waals surface area contributed by atoms with Crippen molar-refractivity contribution in [2.24, 2.45) is 5.73 Å². The maximum Gasteiger partial charge on any atom is 0.339 e. The molecule has 1 aromatic carbocycles. The van der Waals surface area contributed by atoms with Crippen LogP contribution in [0.2, 0.25) is 10.0 Å². The van der Waals surface area contributed by atoms with E-state index in [-0.39, 0.29) is 31.8 Å². The van der Waals surface area contributed by atoms with Gasteiger partial charge in [-0.15, -0.1) is 0 Å². The van der Waals surface area contributed by atoms with Crippen molar-refractivity contribution in [1.29, 1.82) is 0 Å². The van der Waals surface area contributed by atoms with Crippen molar-refractivity contribution >= 4 is 52.8 Å². The minimum absolute atomic E-state index is 0.0225. The van der Waals surface area contributed by atoms with Crippen molar-refractivity contribution < 1.29 is 24.2 Å². The fourth-order valence-corrected chi connectivity index (χ4v) is 3.79. The Morgan fingerprint density at radius 1 is 1.31 bits per heavy atom. The van der Waals surface area contributed by atoms with E-state index < -0.39 is 23.1 Å². The van der Waals surface area contributed by atoms with E-state index in [0.29, 0.717) is 0 Å². The van der Waals surface area contributed by atoms with Crippen LogP contribution in [0.15, 0.2) is 35.5 Å². The van der Waals surface area contributed by atoms with Crippen LogP contribution in [0.1, 0.15) is 31.5 Å². The first-order valence-corrected chi connectivity index (χ1v) is 8.61. The van der Waals surface area contributed by atoms with Gasteiger partial charge in [0.25, 0.3) is 0 Å². The highest BCUT2D eigenvalue weighted by Crippen LogP contribution is 2.40. The van der Waals surface area contributed by atoms with Crippen LogP contribution < -0.4 is 5.73 Å². The average molecular weight is 415 g/mol. The van der Waals surface area contributed by atoms with Gasteiger partial charge in [0.15, 0.2) is 0 Å². The van der Waals surface area contributed by atoms with Gasteiger partial charge in [-0.25, -0.2) is 14.6 Å². The molecule has 3 N–H and O–H groups in total. The van der Waals surface area contributed by atoms with E-state index in [1.165, 1.54) is 30.5 Å². The highest BCUT2D eigenvalue weighted by molar-refractivity contribution is 8.00. The van der Waals surface area contributed by atoms with Crippen LogP contribution in [0.4, 0.5) is 0 Å². The van der Waals surface area contributed by atoms with Crippen LogP contribution >= 0.6 is 35.0 Å². The molecule has 1 amide bonds. The Hall–Kier alpha value is -2.29. The van der Waals surface area contributed by atoms with Crippen molar-refractivity contribution in [3.05, 3.63) is 57.2 Å². The van der Waals surface area contributed by atoms with E-state index in [1.54, 1.807) is 0 Å². The van der Waals surface area contributed by atoms with Gasteiger partial charge < -0.3 is 15.6 Å². The molecule has 0 aliphatic rings. The zero-order chi connectivity index (χ0) is 19.4. The van der Waals surface area contributed by atoms with Crippen molar-refractivity contribution in [3.8, 4) is 0 Å². The van der Waals surface area contributed by atoms with Crippen LogP contribution in [-0.4, -0.2) is 35.0 Å². The summed E-state index contributed by atoms with van der Waals surface area (Å²) in [4.78, 5) is 39.5. The number of carboxylic acid groups (broad SMARTS) is 1. The number of nitrogens with zero attached hydrogens (tertiary/aromatic N) is 1. The molecule has 0 aliphatic carbocycles. The number of benzene rings is 1. The first-order chi connectivity index (χ1) is 12.3. The number of carboxylic acids is 1. The summed E-state index contributed by atoms with van der Waals surface area (Å²) in [6.45, 7) is 0. The second kappa shape index (κ2) is 8.39. The Morgan fingerprint density at radius 3 is 2.58 bits per heavy atom. The number of ether oxygens (including phenoxy) is 1. The third-order valence-electron chi connectivity index (χ3n) is 3.25.